The van der Waals surface area contributed by atoms with E-state index in [4.69, 9.17) is 4.18 Å². The van der Waals surface area contributed by atoms with Crippen molar-refractivity contribution in [3.05, 3.63) is 59.7 Å². The van der Waals surface area contributed by atoms with Crippen LogP contribution in [0.15, 0.2) is 48.5 Å². The molecule has 3 nitrogen and oxygen atoms in total. The van der Waals surface area contributed by atoms with E-state index >= 15 is 0 Å². The summed E-state index contributed by atoms with van der Waals surface area (Å²) in [6, 6.07) is 15.3. The Bertz CT molecular complexity index is 584. The van der Waals surface area contributed by atoms with Crippen LogP contribution >= 0.6 is 12.9 Å². The van der Waals surface area contributed by atoms with E-state index in [1.54, 1.807) is 7.05 Å². The second-order valence-corrected chi connectivity index (χ2v) is 4.31. The van der Waals surface area contributed by atoms with E-state index in [2.05, 4.69) is 18.2 Å². The number of thiol groups is 1. The first-order valence-electron chi connectivity index (χ1n) is 5.93. The Morgan fingerprint density at radius 1 is 1.11 bits per heavy atom. The van der Waals surface area contributed by atoms with E-state index in [1.165, 1.54) is 0 Å². The van der Waals surface area contributed by atoms with Gasteiger partial charge in [0, 0.05) is 12.6 Å². The molecule has 0 heterocycles. The summed E-state index contributed by atoms with van der Waals surface area (Å²) in [5, 5.41) is 2.66. The van der Waals surface area contributed by atoms with Crippen LogP contribution in [0.2, 0.25) is 0 Å². The standard InChI is InChI=1S/C15H15NO2S/c1-16-15(17)14-9-5-4-8-13(14)12-7-3-2-6-11(12)10-18-19/h2-9,19H,10H2,1H3,(H,16,17). The van der Waals surface area contributed by atoms with Gasteiger partial charge in [-0.1, -0.05) is 42.5 Å². The van der Waals surface area contributed by atoms with Gasteiger partial charge in [-0.05, 0) is 35.7 Å². The van der Waals surface area contributed by atoms with Gasteiger partial charge < -0.3 is 9.50 Å². The van der Waals surface area contributed by atoms with Crippen LogP contribution < -0.4 is 5.32 Å². The van der Waals surface area contributed by atoms with Crippen molar-refractivity contribution in [1.82, 2.24) is 5.32 Å². The Kier molecular flexibility index (Phi) is 4.60. The van der Waals surface area contributed by atoms with Gasteiger partial charge in [0.25, 0.3) is 5.91 Å². The molecule has 4 heteroatoms. The lowest BCUT2D eigenvalue weighted by molar-refractivity contribution is 0.0963. The molecule has 0 spiro atoms. The first-order valence-corrected chi connectivity index (χ1v) is 6.30. The van der Waals surface area contributed by atoms with E-state index in [9.17, 15) is 4.79 Å². The highest BCUT2D eigenvalue weighted by Gasteiger charge is 2.13. The lowest BCUT2D eigenvalue weighted by atomic mass is 9.95. The molecule has 0 atom stereocenters. The number of rotatable bonds is 4. The van der Waals surface area contributed by atoms with Crippen LogP contribution in [0.3, 0.4) is 0 Å². The Hall–Kier alpha value is -1.78. The summed E-state index contributed by atoms with van der Waals surface area (Å²) in [7, 11) is 1.63. The van der Waals surface area contributed by atoms with Crippen LogP contribution in [0.4, 0.5) is 0 Å². The van der Waals surface area contributed by atoms with Crippen molar-refractivity contribution in [3.63, 3.8) is 0 Å². The first-order chi connectivity index (χ1) is 9.27. The number of carbonyl (C=O) groups excluding carboxylic acids is 1. The normalized spacial score (nSPS) is 10.2. The van der Waals surface area contributed by atoms with Gasteiger partial charge in [-0.3, -0.25) is 4.79 Å². The summed E-state index contributed by atoms with van der Waals surface area (Å²) in [6.07, 6.45) is 0. The van der Waals surface area contributed by atoms with Gasteiger partial charge in [0.1, 0.15) is 0 Å². The van der Waals surface area contributed by atoms with Crippen LogP contribution in [0.1, 0.15) is 15.9 Å². The number of amides is 1. The second kappa shape index (κ2) is 6.41. The van der Waals surface area contributed by atoms with Gasteiger partial charge in [0.05, 0.1) is 6.61 Å². The molecule has 2 aromatic rings. The quantitative estimate of drug-likeness (QED) is 0.663. The van der Waals surface area contributed by atoms with Crippen molar-refractivity contribution in [2.24, 2.45) is 0 Å². The molecule has 0 aromatic heterocycles. The maximum atomic E-state index is 11.9. The Balaban J connectivity index is 2.56. The Morgan fingerprint density at radius 2 is 1.74 bits per heavy atom. The average molecular weight is 273 g/mol. The zero-order valence-corrected chi connectivity index (χ0v) is 11.5. The zero-order valence-electron chi connectivity index (χ0n) is 10.6. The van der Waals surface area contributed by atoms with Crippen molar-refractivity contribution in [1.29, 1.82) is 0 Å². The fourth-order valence-electron chi connectivity index (χ4n) is 2.03. The molecule has 0 aliphatic rings. The zero-order chi connectivity index (χ0) is 13.7. The van der Waals surface area contributed by atoms with E-state index in [1.807, 2.05) is 48.5 Å². The molecule has 0 aliphatic carbocycles. The molecule has 0 radical (unpaired) electrons. The summed E-state index contributed by atoms with van der Waals surface area (Å²) in [5.41, 5.74) is 3.52. The molecule has 0 unspecified atom stereocenters. The van der Waals surface area contributed by atoms with E-state index in [-0.39, 0.29) is 5.91 Å². The number of nitrogens with one attached hydrogen (secondary N) is 1. The summed E-state index contributed by atoms with van der Waals surface area (Å²) in [6.45, 7) is 0.390. The lowest BCUT2D eigenvalue weighted by Crippen LogP contribution is -2.18. The molecular weight excluding hydrogens is 258 g/mol. The molecule has 98 valence electrons. The van der Waals surface area contributed by atoms with Gasteiger partial charge >= 0.3 is 0 Å². The van der Waals surface area contributed by atoms with Gasteiger partial charge in [-0.15, -0.1) is 0 Å². The van der Waals surface area contributed by atoms with Crippen LogP contribution in [-0.2, 0) is 10.8 Å². The molecule has 0 fully saturated rings. The molecule has 19 heavy (non-hydrogen) atoms. The van der Waals surface area contributed by atoms with E-state index in [0.29, 0.717) is 12.2 Å². The van der Waals surface area contributed by atoms with Crippen molar-refractivity contribution >= 4 is 18.8 Å². The van der Waals surface area contributed by atoms with Crippen LogP contribution in [0.25, 0.3) is 11.1 Å². The smallest absolute Gasteiger partial charge is 0.251 e. The van der Waals surface area contributed by atoms with Gasteiger partial charge in [-0.25, -0.2) is 0 Å². The molecular formula is C15H15NO2S. The minimum absolute atomic E-state index is 0.0998. The number of carbonyl (C=O) groups is 1. The molecule has 0 saturated carbocycles. The fourth-order valence-corrected chi connectivity index (χ4v) is 2.17. The Labute approximate surface area is 118 Å². The van der Waals surface area contributed by atoms with Gasteiger partial charge in [0.2, 0.25) is 0 Å². The molecule has 0 aliphatic heterocycles. The van der Waals surface area contributed by atoms with Crippen LogP contribution in [0.5, 0.6) is 0 Å². The van der Waals surface area contributed by atoms with Crippen molar-refractivity contribution in [2.45, 2.75) is 6.61 Å². The third-order valence-corrected chi connectivity index (χ3v) is 3.06. The maximum Gasteiger partial charge on any atom is 0.251 e. The van der Waals surface area contributed by atoms with Gasteiger partial charge in [0.15, 0.2) is 0 Å². The average Bonchev–Trinajstić information content (AvgIpc) is 2.47. The first kappa shape index (κ1) is 13.6. The van der Waals surface area contributed by atoms with Crippen molar-refractivity contribution in [2.75, 3.05) is 7.05 Å². The highest BCUT2D eigenvalue weighted by molar-refractivity contribution is 7.75. The minimum atomic E-state index is -0.0998. The molecule has 2 rings (SSSR count). The molecule has 1 amide bonds. The highest BCUT2D eigenvalue weighted by atomic mass is 32.1. The molecule has 1 N–H and O–H groups in total. The number of hydrogen-bond acceptors (Lipinski definition) is 3. The SMILES string of the molecule is CNC(=O)c1ccccc1-c1ccccc1COS. The molecule has 2 aromatic carbocycles. The fraction of sp³-hybridized carbons (Fsp3) is 0.133. The third kappa shape index (κ3) is 2.97. The van der Waals surface area contributed by atoms with Crippen molar-refractivity contribution < 1.29 is 8.98 Å². The van der Waals surface area contributed by atoms with Gasteiger partial charge in [-0.2, -0.15) is 0 Å². The van der Waals surface area contributed by atoms with Crippen LogP contribution in [0, 0.1) is 0 Å². The lowest BCUT2D eigenvalue weighted by Gasteiger charge is -2.12. The largest absolute Gasteiger partial charge is 0.355 e. The Morgan fingerprint density at radius 3 is 2.42 bits per heavy atom. The molecule has 0 bridgehead atoms. The summed E-state index contributed by atoms with van der Waals surface area (Å²) < 4.78 is 4.91. The van der Waals surface area contributed by atoms with E-state index in [0.717, 1.165) is 16.7 Å². The van der Waals surface area contributed by atoms with Crippen LogP contribution in [-0.4, -0.2) is 13.0 Å². The predicted molar refractivity (Wildman–Crippen MR) is 79.0 cm³/mol. The van der Waals surface area contributed by atoms with E-state index < -0.39 is 0 Å². The summed E-state index contributed by atoms with van der Waals surface area (Å²) >= 11 is 3.80. The third-order valence-electron chi connectivity index (χ3n) is 2.93. The predicted octanol–water partition coefficient (Wildman–Crippen LogP) is 3.07. The number of hydrogen-bond donors (Lipinski definition) is 2. The number of benzene rings is 2. The monoisotopic (exact) mass is 273 g/mol. The van der Waals surface area contributed by atoms with Crippen molar-refractivity contribution in [3.8, 4) is 11.1 Å². The maximum absolute atomic E-state index is 11.9. The highest BCUT2D eigenvalue weighted by Crippen LogP contribution is 2.27. The minimum Gasteiger partial charge on any atom is -0.355 e. The topological polar surface area (TPSA) is 38.3 Å². The summed E-state index contributed by atoms with van der Waals surface area (Å²) in [4.78, 5) is 11.9. The molecule has 0 saturated heterocycles. The summed E-state index contributed by atoms with van der Waals surface area (Å²) in [5.74, 6) is -0.0998. The second-order valence-electron chi connectivity index (χ2n) is 4.06.